The van der Waals surface area contributed by atoms with Gasteiger partial charge in [0.05, 0.1) is 5.70 Å². The summed E-state index contributed by atoms with van der Waals surface area (Å²) in [7, 11) is 0. The van der Waals surface area contributed by atoms with Gasteiger partial charge in [-0.3, -0.25) is 0 Å². The Kier molecular flexibility index (Phi) is 8.09. The Hall–Kier alpha value is -1.55. The van der Waals surface area contributed by atoms with Gasteiger partial charge in [-0.15, -0.1) is 21.6 Å². The molecule has 3 nitrogen and oxygen atoms in total. The second kappa shape index (κ2) is 9.02. The van der Waals surface area contributed by atoms with E-state index in [-0.39, 0.29) is 0 Å². The van der Waals surface area contributed by atoms with Gasteiger partial charge in [0, 0.05) is 11.6 Å². The standard InChI is InChI=1S/C9H9N3S.C2H6/c1-3-4-5-8(2)11-12-9-10-6-7-13-9;1-2/h3-7H,1-2H2;1-2H3/b5-4-,12-11?;. The highest BCUT2D eigenvalue weighted by Crippen LogP contribution is 2.15. The van der Waals surface area contributed by atoms with Crippen molar-refractivity contribution in [2.75, 3.05) is 0 Å². The minimum absolute atomic E-state index is 0.579. The average molecular weight is 221 g/mol. The van der Waals surface area contributed by atoms with Crippen molar-refractivity contribution in [1.82, 2.24) is 4.98 Å². The Balaban J connectivity index is 0.000000921. The number of azo groups is 1. The molecule has 0 radical (unpaired) electrons. The summed E-state index contributed by atoms with van der Waals surface area (Å²) in [5, 5.41) is 10.2. The van der Waals surface area contributed by atoms with E-state index in [0.717, 1.165) is 0 Å². The van der Waals surface area contributed by atoms with Crippen LogP contribution in [0.5, 0.6) is 0 Å². The molecule has 1 aromatic heterocycles. The Morgan fingerprint density at radius 2 is 2.27 bits per heavy atom. The van der Waals surface area contributed by atoms with Crippen LogP contribution < -0.4 is 0 Å². The zero-order valence-corrected chi connectivity index (χ0v) is 9.87. The molecule has 0 aliphatic carbocycles. The molecule has 0 unspecified atom stereocenters. The molecule has 1 heterocycles. The lowest BCUT2D eigenvalue weighted by molar-refractivity contribution is 1.15. The van der Waals surface area contributed by atoms with Gasteiger partial charge in [-0.05, 0) is 6.08 Å². The van der Waals surface area contributed by atoms with E-state index in [1.807, 2.05) is 19.2 Å². The molecule has 0 saturated heterocycles. The first-order valence-electron chi connectivity index (χ1n) is 4.62. The Bertz CT molecular complexity index is 337. The normalized spacial score (nSPS) is 10.0. The molecule has 0 spiro atoms. The molecular formula is C11H15N3S. The predicted molar refractivity (Wildman–Crippen MR) is 66.5 cm³/mol. The van der Waals surface area contributed by atoms with Gasteiger partial charge in [0.15, 0.2) is 0 Å². The monoisotopic (exact) mass is 221 g/mol. The van der Waals surface area contributed by atoms with Crippen LogP contribution in [0.4, 0.5) is 5.13 Å². The Morgan fingerprint density at radius 3 is 2.80 bits per heavy atom. The van der Waals surface area contributed by atoms with Gasteiger partial charge in [-0.25, -0.2) is 4.98 Å². The molecular weight excluding hydrogens is 206 g/mol. The van der Waals surface area contributed by atoms with Gasteiger partial charge in [-0.1, -0.05) is 39.2 Å². The quantitative estimate of drug-likeness (QED) is 0.544. The molecule has 0 aliphatic heterocycles. The van der Waals surface area contributed by atoms with Crippen LogP contribution in [0.3, 0.4) is 0 Å². The first-order valence-corrected chi connectivity index (χ1v) is 5.50. The topological polar surface area (TPSA) is 37.6 Å². The molecule has 0 atom stereocenters. The number of hydrogen-bond donors (Lipinski definition) is 0. The van der Waals surface area contributed by atoms with E-state index >= 15 is 0 Å². The van der Waals surface area contributed by atoms with Crippen LogP contribution in [0.2, 0.25) is 0 Å². The third-order valence-corrected chi connectivity index (χ3v) is 1.76. The first-order chi connectivity index (χ1) is 7.33. The number of nitrogens with zero attached hydrogens (tertiary/aromatic N) is 3. The van der Waals surface area contributed by atoms with E-state index in [1.54, 1.807) is 24.4 Å². The van der Waals surface area contributed by atoms with Gasteiger partial charge >= 0.3 is 0 Å². The Morgan fingerprint density at radius 1 is 1.53 bits per heavy atom. The fourth-order valence-corrected chi connectivity index (χ4v) is 1.04. The first kappa shape index (κ1) is 13.4. The highest BCUT2D eigenvalue weighted by atomic mass is 32.1. The van der Waals surface area contributed by atoms with Crippen LogP contribution in [-0.4, -0.2) is 4.98 Å². The zero-order valence-electron chi connectivity index (χ0n) is 9.05. The second-order valence-corrected chi connectivity index (χ2v) is 2.97. The van der Waals surface area contributed by atoms with Crippen molar-refractivity contribution in [2.24, 2.45) is 10.2 Å². The van der Waals surface area contributed by atoms with Gasteiger partial charge in [0.2, 0.25) is 5.13 Å². The summed E-state index contributed by atoms with van der Waals surface area (Å²) in [6.45, 7) is 11.2. The summed E-state index contributed by atoms with van der Waals surface area (Å²) in [6, 6.07) is 0. The summed E-state index contributed by atoms with van der Waals surface area (Å²) >= 11 is 1.43. The average Bonchev–Trinajstić information content (AvgIpc) is 2.79. The van der Waals surface area contributed by atoms with Crippen molar-refractivity contribution >= 4 is 16.5 Å². The number of thiazole rings is 1. The Labute approximate surface area is 94.6 Å². The number of rotatable bonds is 4. The lowest BCUT2D eigenvalue weighted by Crippen LogP contribution is -1.64. The smallest absolute Gasteiger partial charge is 0.226 e. The molecule has 80 valence electrons. The third-order valence-electron chi connectivity index (χ3n) is 1.11. The molecule has 0 aliphatic rings. The fourth-order valence-electron chi connectivity index (χ4n) is 0.585. The van der Waals surface area contributed by atoms with Gasteiger partial charge in [0.25, 0.3) is 0 Å². The molecule has 1 aromatic rings. The summed E-state index contributed by atoms with van der Waals surface area (Å²) in [5.41, 5.74) is 0.579. The molecule has 0 bridgehead atoms. The zero-order chi connectivity index (χ0) is 11.5. The largest absolute Gasteiger partial charge is 0.229 e. The van der Waals surface area contributed by atoms with Gasteiger partial charge in [-0.2, -0.15) is 0 Å². The van der Waals surface area contributed by atoms with Crippen LogP contribution >= 0.6 is 11.3 Å². The minimum atomic E-state index is 0.579. The van der Waals surface area contributed by atoms with Crippen molar-refractivity contribution in [3.63, 3.8) is 0 Å². The van der Waals surface area contributed by atoms with Crippen LogP contribution in [-0.2, 0) is 0 Å². The lowest BCUT2D eigenvalue weighted by atomic mass is 10.4. The van der Waals surface area contributed by atoms with E-state index in [0.29, 0.717) is 10.8 Å². The molecule has 0 saturated carbocycles. The minimum Gasteiger partial charge on any atom is -0.226 e. The van der Waals surface area contributed by atoms with Crippen molar-refractivity contribution in [3.05, 3.63) is 48.7 Å². The second-order valence-electron chi connectivity index (χ2n) is 2.10. The highest BCUT2D eigenvalue weighted by molar-refractivity contribution is 7.13. The van der Waals surface area contributed by atoms with Crippen molar-refractivity contribution in [3.8, 4) is 0 Å². The molecule has 15 heavy (non-hydrogen) atoms. The molecule has 1 rings (SSSR count). The maximum Gasteiger partial charge on any atom is 0.229 e. The number of hydrogen-bond acceptors (Lipinski definition) is 4. The van der Waals surface area contributed by atoms with E-state index in [2.05, 4.69) is 28.4 Å². The van der Waals surface area contributed by atoms with Gasteiger partial charge < -0.3 is 0 Å². The van der Waals surface area contributed by atoms with Crippen molar-refractivity contribution < 1.29 is 0 Å². The van der Waals surface area contributed by atoms with Crippen molar-refractivity contribution in [1.29, 1.82) is 0 Å². The number of aromatic nitrogens is 1. The summed E-state index contributed by atoms with van der Waals surface area (Å²) in [6.07, 6.45) is 6.82. The summed E-state index contributed by atoms with van der Waals surface area (Å²) in [5.74, 6) is 0. The fraction of sp³-hybridized carbons (Fsp3) is 0.182. The molecule has 4 heteroatoms. The van der Waals surface area contributed by atoms with Crippen LogP contribution in [0.1, 0.15) is 13.8 Å². The highest BCUT2D eigenvalue weighted by Gasteiger charge is 1.88. The molecule has 0 fully saturated rings. The van der Waals surface area contributed by atoms with E-state index in [1.165, 1.54) is 11.3 Å². The summed E-state index contributed by atoms with van der Waals surface area (Å²) in [4.78, 5) is 3.94. The molecule has 0 amide bonds. The predicted octanol–water partition coefficient (Wildman–Crippen LogP) is 4.51. The van der Waals surface area contributed by atoms with Crippen LogP contribution in [0, 0.1) is 0 Å². The maximum absolute atomic E-state index is 3.94. The van der Waals surface area contributed by atoms with Crippen LogP contribution in [0.25, 0.3) is 0 Å². The van der Waals surface area contributed by atoms with E-state index in [4.69, 9.17) is 0 Å². The van der Waals surface area contributed by atoms with Gasteiger partial charge in [0.1, 0.15) is 0 Å². The van der Waals surface area contributed by atoms with E-state index in [9.17, 15) is 0 Å². The molecule has 0 N–H and O–H groups in total. The SMILES string of the molecule is C=C/C=C\C(=C)N=Nc1nccs1.CC. The summed E-state index contributed by atoms with van der Waals surface area (Å²) < 4.78 is 0. The maximum atomic E-state index is 3.94. The molecule has 0 aromatic carbocycles. The third kappa shape index (κ3) is 6.51. The van der Waals surface area contributed by atoms with Crippen LogP contribution in [0.15, 0.2) is 58.9 Å². The number of allylic oxidation sites excluding steroid dienone is 3. The lowest BCUT2D eigenvalue weighted by Gasteiger charge is -1.84. The van der Waals surface area contributed by atoms with Crippen molar-refractivity contribution in [2.45, 2.75) is 13.8 Å². The van der Waals surface area contributed by atoms with E-state index < -0.39 is 0 Å².